The summed E-state index contributed by atoms with van der Waals surface area (Å²) >= 11 is 0. The Kier molecular flexibility index (Phi) is 2.19. The Bertz CT molecular complexity index is 115. The molecule has 1 nitrogen and oxygen atoms in total. The first kappa shape index (κ1) is 7.15. The van der Waals surface area contributed by atoms with E-state index in [0.717, 1.165) is 13.0 Å². The first-order chi connectivity index (χ1) is 3.56. The molecular formula is C4H3F3O. The smallest absolute Gasteiger partial charge is 0.450 e. The number of ether oxygens (including phenoxy) is 1. The summed E-state index contributed by atoms with van der Waals surface area (Å²) in [7, 11) is 1.07. The highest BCUT2D eigenvalue weighted by Crippen LogP contribution is 2.11. The van der Waals surface area contributed by atoms with Crippen LogP contribution in [0.2, 0.25) is 0 Å². The van der Waals surface area contributed by atoms with Gasteiger partial charge in [0.15, 0.2) is 0 Å². The third-order valence-electron chi connectivity index (χ3n) is 0.295. The molecule has 0 N–H and O–H groups in total. The van der Waals surface area contributed by atoms with E-state index in [-0.39, 0.29) is 0 Å². The fraction of sp³-hybridized carbons (Fsp3) is 0.500. The molecule has 0 atom stereocenters. The Morgan fingerprint density at radius 3 is 2.00 bits per heavy atom. The van der Waals surface area contributed by atoms with E-state index < -0.39 is 6.18 Å². The van der Waals surface area contributed by atoms with Crippen LogP contribution >= 0.6 is 0 Å². The first-order valence-electron chi connectivity index (χ1n) is 1.68. The maximum Gasteiger partial charge on any atom is 0.460 e. The molecule has 46 valence electrons. The summed E-state index contributed by atoms with van der Waals surface area (Å²) in [5, 5.41) is 0. The van der Waals surface area contributed by atoms with Gasteiger partial charge >= 0.3 is 6.18 Å². The van der Waals surface area contributed by atoms with Crippen molar-refractivity contribution >= 4 is 0 Å². The molecule has 8 heavy (non-hydrogen) atoms. The van der Waals surface area contributed by atoms with E-state index in [9.17, 15) is 13.2 Å². The van der Waals surface area contributed by atoms with Crippen molar-refractivity contribution in [3.05, 3.63) is 0 Å². The number of methoxy groups -OCH3 is 1. The molecule has 0 spiro atoms. The van der Waals surface area contributed by atoms with E-state index in [4.69, 9.17) is 0 Å². The van der Waals surface area contributed by atoms with Gasteiger partial charge in [-0.15, -0.1) is 0 Å². The van der Waals surface area contributed by atoms with Crippen LogP contribution in [0.4, 0.5) is 13.2 Å². The SMILES string of the molecule is COC#CC(F)(F)F. The minimum atomic E-state index is -4.43. The molecule has 0 radical (unpaired) electrons. The highest BCUT2D eigenvalue weighted by molar-refractivity contribution is 4.98. The van der Waals surface area contributed by atoms with Gasteiger partial charge in [-0.1, -0.05) is 0 Å². The highest BCUT2D eigenvalue weighted by Gasteiger charge is 2.23. The maximum absolute atomic E-state index is 11.0. The molecule has 0 aliphatic carbocycles. The van der Waals surface area contributed by atoms with Crippen LogP contribution in [0.15, 0.2) is 0 Å². The summed E-state index contributed by atoms with van der Waals surface area (Å²) in [4.78, 5) is 0. The molecule has 0 amide bonds. The van der Waals surface area contributed by atoms with E-state index in [2.05, 4.69) is 4.74 Å². The van der Waals surface area contributed by atoms with E-state index in [0.29, 0.717) is 0 Å². The van der Waals surface area contributed by atoms with E-state index in [1.807, 2.05) is 0 Å². The summed E-state index contributed by atoms with van der Waals surface area (Å²) in [6, 6.07) is 0. The molecule has 0 saturated carbocycles. The Labute approximate surface area is 44.4 Å². The minimum absolute atomic E-state index is 0.899. The van der Waals surface area contributed by atoms with Crippen molar-refractivity contribution in [3.63, 3.8) is 0 Å². The van der Waals surface area contributed by atoms with Crippen molar-refractivity contribution in [2.75, 3.05) is 7.11 Å². The lowest BCUT2D eigenvalue weighted by Crippen LogP contribution is -2.01. The van der Waals surface area contributed by atoms with Crippen molar-refractivity contribution in [2.24, 2.45) is 0 Å². The third-order valence-corrected chi connectivity index (χ3v) is 0.295. The summed E-state index contributed by atoms with van der Waals surface area (Å²) in [5.74, 6) is 0.899. The lowest BCUT2D eigenvalue weighted by molar-refractivity contribution is -0.0703. The zero-order valence-corrected chi connectivity index (χ0v) is 4.04. The van der Waals surface area contributed by atoms with E-state index in [1.54, 1.807) is 0 Å². The quantitative estimate of drug-likeness (QED) is 0.440. The van der Waals surface area contributed by atoms with Gasteiger partial charge in [0.05, 0.1) is 13.0 Å². The molecule has 0 aliphatic heterocycles. The molecule has 0 saturated heterocycles. The van der Waals surface area contributed by atoms with Gasteiger partial charge in [-0.05, 0) is 0 Å². The van der Waals surface area contributed by atoms with Crippen LogP contribution < -0.4 is 0 Å². The molecule has 0 aromatic carbocycles. The van der Waals surface area contributed by atoms with Gasteiger partial charge in [0.25, 0.3) is 0 Å². The topological polar surface area (TPSA) is 9.23 Å². The van der Waals surface area contributed by atoms with Gasteiger partial charge in [0.1, 0.15) is 6.11 Å². The number of hydrogen-bond acceptors (Lipinski definition) is 1. The fourth-order valence-electron chi connectivity index (χ4n) is 0.109. The number of hydrogen-bond donors (Lipinski definition) is 0. The number of halogens is 3. The minimum Gasteiger partial charge on any atom is -0.450 e. The first-order valence-corrected chi connectivity index (χ1v) is 1.68. The van der Waals surface area contributed by atoms with Crippen LogP contribution in [-0.4, -0.2) is 13.3 Å². The van der Waals surface area contributed by atoms with Crippen molar-refractivity contribution in [2.45, 2.75) is 6.18 Å². The Balaban J connectivity index is 3.69. The van der Waals surface area contributed by atoms with Crippen LogP contribution in [0.1, 0.15) is 0 Å². The zero-order valence-electron chi connectivity index (χ0n) is 4.04. The standard InChI is InChI=1S/C4H3F3O/c1-8-3-2-4(5,6)7/h1H3. The Morgan fingerprint density at radius 2 is 1.88 bits per heavy atom. The number of alkyl halides is 3. The molecule has 4 heteroatoms. The summed E-state index contributed by atoms with van der Waals surface area (Å²) in [6.07, 6.45) is -3.02. The Hall–Kier alpha value is -0.850. The average molecular weight is 124 g/mol. The second-order valence-electron chi connectivity index (χ2n) is 0.929. The van der Waals surface area contributed by atoms with Gasteiger partial charge in [0, 0.05) is 0 Å². The molecule has 0 aliphatic rings. The summed E-state index contributed by atoms with van der Waals surface area (Å²) in [6.45, 7) is 0. The van der Waals surface area contributed by atoms with Crippen molar-refractivity contribution < 1.29 is 17.9 Å². The fourth-order valence-corrected chi connectivity index (χ4v) is 0.109. The average Bonchev–Trinajstić information content (AvgIpc) is 1.59. The predicted molar refractivity (Wildman–Crippen MR) is 20.8 cm³/mol. The molecule has 0 heterocycles. The normalized spacial score (nSPS) is 9.50. The van der Waals surface area contributed by atoms with Crippen molar-refractivity contribution in [3.8, 4) is 12.0 Å². The largest absolute Gasteiger partial charge is 0.460 e. The molecule has 0 bridgehead atoms. The number of rotatable bonds is 0. The van der Waals surface area contributed by atoms with Crippen molar-refractivity contribution in [1.82, 2.24) is 0 Å². The van der Waals surface area contributed by atoms with Crippen molar-refractivity contribution in [1.29, 1.82) is 0 Å². The second kappa shape index (κ2) is 2.46. The predicted octanol–water partition coefficient (Wildman–Crippen LogP) is 1.16. The van der Waals surface area contributed by atoms with Gasteiger partial charge in [-0.2, -0.15) is 13.2 Å². The van der Waals surface area contributed by atoms with Crippen LogP contribution in [-0.2, 0) is 4.74 Å². The van der Waals surface area contributed by atoms with Gasteiger partial charge in [0.2, 0.25) is 0 Å². The van der Waals surface area contributed by atoms with Crippen LogP contribution in [0.25, 0.3) is 0 Å². The molecule has 0 unspecified atom stereocenters. The molecular weight excluding hydrogens is 121 g/mol. The molecule has 0 rings (SSSR count). The maximum atomic E-state index is 11.0. The lowest BCUT2D eigenvalue weighted by Gasteiger charge is -1.89. The molecule has 0 fully saturated rings. The lowest BCUT2D eigenvalue weighted by atomic mass is 10.7. The second-order valence-corrected chi connectivity index (χ2v) is 0.929. The highest BCUT2D eigenvalue weighted by atomic mass is 19.4. The molecule has 0 aromatic rings. The van der Waals surface area contributed by atoms with E-state index in [1.165, 1.54) is 6.11 Å². The Morgan fingerprint density at radius 1 is 1.38 bits per heavy atom. The monoisotopic (exact) mass is 124 g/mol. The third kappa shape index (κ3) is 5.15. The summed E-state index contributed by atoms with van der Waals surface area (Å²) < 4.78 is 36.8. The summed E-state index contributed by atoms with van der Waals surface area (Å²) in [5.41, 5.74) is 0. The van der Waals surface area contributed by atoms with Crippen LogP contribution in [0.3, 0.4) is 0 Å². The van der Waals surface area contributed by atoms with Gasteiger partial charge < -0.3 is 4.74 Å². The van der Waals surface area contributed by atoms with E-state index >= 15 is 0 Å². The zero-order chi connectivity index (χ0) is 6.62. The van der Waals surface area contributed by atoms with Gasteiger partial charge in [-0.3, -0.25) is 0 Å². The van der Waals surface area contributed by atoms with Crippen LogP contribution in [0.5, 0.6) is 0 Å². The van der Waals surface area contributed by atoms with Gasteiger partial charge in [-0.25, -0.2) is 0 Å². The van der Waals surface area contributed by atoms with Crippen LogP contribution in [0, 0.1) is 12.0 Å². The molecule has 0 aromatic heterocycles.